The number of piperidine rings is 1. The second-order valence-electron chi connectivity index (χ2n) is 9.46. The van der Waals surface area contributed by atoms with E-state index in [-0.39, 0.29) is 30.1 Å². The number of likely N-dealkylation sites (tertiary alicyclic amines) is 1. The maximum absolute atomic E-state index is 12.4. The third-order valence-electron chi connectivity index (χ3n) is 5.76. The van der Waals surface area contributed by atoms with E-state index in [0.29, 0.717) is 18.6 Å². The summed E-state index contributed by atoms with van der Waals surface area (Å²) in [6.45, 7) is 14.3. The van der Waals surface area contributed by atoms with Gasteiger partial charge < -0.3 is 29.3 Å². The maximum Gasteiger partial charge on any atom is 0.410 e. The quantitative estimate of drug-likeness (QED) is 0.208. The fraction of sp³-hybridized carbons (Fsp3) is 0.913. The molecule has 1 N–H and O–H groups in total. The van der Waals surface area contributed by atoms with Crippen LogP contribution >= 0.6 is 24.0 Å². The lowest BCUT2D eigenvalue weighted by Crippen LogP contribution is -2.48. The minimum atomic E-state index is -0.456. The average molecular weight is 569 g/mol. The fourth-order valence-electron chi connectivity index (χ4n) is 4.00. The summed E-state index contributed by atoms with van der Waals surface area (Å²) in [5, 5.41) is 3.47. The molecule has 9 heteroatoms. The Morgan fingerprint density at radius 1 is 1.19 bits per heavy atom. The highest BCUT2D eigenvalue weighted by molar-refractivity contribution is 14.0. The number of ether oxygens (including phenoxy) is 3. The maximum atomic E-state index is 12.4. The second-order valence-corrected chi connectivity index (χ2v) is 9.46. The van der Waals surface area contributed by atoms with E-state index in [1.54, 1.807) is 0 Å². The molecule has 0 spiro atoms. The molecular formula is C23H45IN4O4. The molecule has 188 valence electrons. The van der Waals surface area contributed by atoms with Crippen LogP contribution in [0.5, 0.6) is 0 Å². The average Bonchev–Trinajstić information content (AvgIpc) is 2.74. The zero-order valence-electron chi connectivity index (χ0n) is 20.7. The molecule has 0 aromatic rings. The van der Waals surface area contributed by atoms with Crippen LogP contribution < -0.4 is 5.32 Å². The van der Waals surface area contributed by atoms with Gasteiger partial charge in [-0.3, -0.25) is 4.99 Å². The molecule has 1 amide bonds. The number of hydrogen-bond acceptors (Lipinski definition) is 5. The van der Waals surface area contributed by atoms with Gasteiger partial charge in [-0.05, 0) is 65.7 Å². The van der Waals surface area contributed by atoms with E-state index in [0.717, 1.165) is 84.1 Å². The van der Waals surface area contributed by atoms with Crippen molar-refractivity contribution in [3.8, 4) is 0 Å². The SMILES string of the molecule is CCN(CC1CCN(C(=NC)NCCCOC2CCOCC2)CC1)C(=O)OC(C)(C)C.I. The summed E-state index contributed by atoms with van der Waals surface area (Å²) in [4.78, 5) is 21.0. The summed E-state index contributed by atoms with van der Waals surface area (Å²) < 4.78 is 16.8. The Balaban J connectivity index is 0.00000512. The Labute approximate surface area is 211 Å². The smallest absolute Gasteiger partial charge is 0.410 e. The van der Waals surface area contributed by atoms with Crippen molar-refractivity contribution >= 4 is 36.0 Å². The van der Waals surface area contributed by atoms with Crippen molar-refractivity contribution in [2.75, 3.05) is 59.6 Å². The minimum absolute atomic E-state index is 0. The van der Waals surface area contributed by atoms with Gasteiger partial charge in [-0.15, -0.1) is 24.0 Å². The van der Waals surface area contributed by atoms with E-state index in [9.17, 15) is 4.79 Å². The zero-order valence-corrected chi connectivity index (χ0v) is 23.1. The molecule has 8 nitrogen and oxygen atoms in total. The van der Waals surface area contributed by atoms with Gasteiger partial charge in [-0.2, -0.15) is 0 Å². The fourth-order valence-corrected chi connectivity index (χ4v) is 4.00. The van der Waals surface area contributed by atoms with Gasteiger partial charge in [0.05, 0.1) is 6.10 Å². The highest BCUT2D eigenvalue weighted by atomic mass is 127. The standard InChI is InChI=1S/C23H44N4O4.HI/c1-6-26(22(28)31-23(2,3)4)18-19-8-13-27(14-9-19)21(24-5)25-12-7-15-30-20-10-16-29-17-11-20;/h19-20H,6-18H2,1-5H3,(H,24,25);1H. The first-order valence-corrected chi connectivity index (χ1v) is 11.9. The molecule has 0 unspecified atom stereocenters. The molecule has 0 atom stereocenters. The molecule has 2 aliphatic heterocycles. The normalized spacial score (nSPS) is 18.8. The van der Waals surface area contributed by atoms with Crippen molar-refractivity contribution < 1.29 is 19.0 Å². The monoisotopic (exact) mass is 568 g/mol. The van der Waals surface area contributed by atoms with Gasteiger partial charge >= 0.3 is 6.09 Å². The van der Waals surface area contributed by atoms with Gasteiger partial charge in [0.2, 0.25) is 0 Å². The van der Waals surface area contributed by atoms with Crippen molar-refractivity contribution in [2.24, 2.45) is 10.9 Å². The molecule has 32 heavy (non-hydrogen) atoms. The predicted octanol–water partition coefficient (Wildman–Crippen LogP) is 3.73. The van der Waals surface area contributed by atoms with Gasteiger partial charge in [0, 0.05) is 59.6 Å². The molecule has 0 aromatic heterocycles. The van der Waals surface area contributed by atoms with Crippen LogP contribution in [0.15, 0.2) is 4.99 Å². The van der Waals surface area contributed by atoms with Crippen molar-refractivity contribution in [3.63, 3.8) is 0 Å². The Hall–Kier alpha value is -0.810. The van der Waals surface area contributed by atoms with Gasteiger partial charge in [0.15, 0.2) is 5.96 Å². The van der Waals surface area contributed by atoms with Crippen LogP contribution in [-0.4, -0.2) is 93.1 Å². The van der Waals surface area contributed by atoms with E-state index >= 15 is 0 Å². The van der Waals surface area contributed by atoms with Crippen molar-refractivity contribution in [3.05, 3.63) is 0 Å². The van der Waals surface area contributed by atoms with Gasteiger partial charge in [-0.1, -0.05) is 0 Å². The molecule has 2 rings (SSSR count). The Morgan fingerprint density at radius 2 is 1.84 bits per heavy atom. The van der Waals surface area contributed by atoms with Gasteiger partial charge in [-0.25, -0.2) is 4.79 Å². The largest absolute Gasteiger partial charge is 0.444 e. The number of hydrogen-bond donors (Lipinski definition) is 1. The molecule has 0 aliphatic carbocycles. The number of carbonyl (C=O) groups is 1. The highest BCUT2D eigenvalue weighted by Gasteiger charge is 2.27. The molecule has 0 aromatic carbocycles. The third kappa shape index (κ3) is 10.9. The summed E-state index contributed by atoms with van der Waals surface area (Å²) in [6, 6.07) is 0. The lowest BCUT2D eigenvalue weighted by atomic mass is 9.96. The van der Waals surface area contributed by atoms with Crippen LogP contribution in [0.1, 0.15) is 59.8 Å². The van der Waals surface area contributed by atoms with Crippen LogP contribution in [0.25, 0.3) is 0 Å². The first-order chi connectivity index (χ1) is 14.8. The second kappa shape index (κ2) is 15.2. The van der Waals surface area contributed by atoms with E-state index in [2.05, 4.69) is 15.2 Å². The van der Waals surface area contributed by atoms with Crippen molar-refractivity contribution in [2.45, 2.75) is 71.5 Å². The first kappa shape index (κ1) is 29.2. The minimum Gasteiger partial charge on any atom is -0.444 e. The van der Waals surface area contributed by atoms with Crippen LogP contribution in [0.2, 0.25) is 0 Å². The number of aliphatic imine (C=N–C) groups is 1. The Bertz CT molecular complexity index is 557. The molecule has 0 saturated carbocycles. The summed E-state index contributed by atoms with van der Waals surface area (Å²) in [5.74, 6) is 1.46. The Morgan fingerprint density at radius 3 is 2.41 bits per heavy atom. The number of halogens is 1. The van der Waals surface area contributed by atoms with E-state index in [4.69, 9.17) is 14.2 Å². The lowest BCUT2D eigenvalue weighted by molar-refractivity contribution is -0.0320. The topological polar surface area (TPSA) is 75.6 Å². The Kier molecular flexibility index (Phi) is 13.8. The van der Waals surface area contributed by atoms with E-state index in [1.807, 2.05) is 39.6 Å². The molecular weight excluding hydrogens is 523 g/mol. The molecule has 2 aliphatic rings. The summed E-state index contributed by atoms with van der Waals surface area (Å²) in [5.41, 5.74) is -0.456. The molecule has 2 saturated heterocycles. The van der Waals surface area contributed by atoms with Crippen molar-refractivity contribution in [1.29, 1.82) is 0 Å². The zero-order chi connectivity index (χ0) is 22.7. The summed E-state index contributed by atoms with van der Waals surface area (Å²) >= 11 is 0. The van der Waals surface area contributed by atoms with E-state index < -0.39 is 5.60 Å². The van der Waals surface area contributed by atoms with Crippen LogP contribution in [0.4, 0.5) is 4.79 Å². The van der Waals surface area contributed by atoms with Crippen LogP contribution in [0, 0.1) is 5.92 Å². The van der Waals surface area contributed by atoms with Crippen LogP contribution in [-0.2, 0) is 14.2 Å². The summed E-state index contributed by atoms with van der Waals surface area (Å²) in [6.07, 6.45) is 5.22. The molecule has 0 bridgehead atoms. The number of carbonyl (C=O) groups excluding carboxylic acids is 1. The molecule has 2 heterocycles. The predicted molar refractivity (Wildman–Crippen MR) is 139 cm³/mol. The molecule has 2 fully saturated rings. The lowest BCUT2D eigenvalue weighted by Gasteiger charge is -2.36. The van der Waals surface area contributed by atoms with E-state index in [1.165, 1.54) is 0 Å². The number of nitrogens with zero attached hydrogens (tertiary/aromatic N) is 3. The number of rotatable bonds is 8. The number of amides is 1. The highest BCUT2D eigenvalue weighted by Crippen LogP contribution is 2.20. The third-order valence-corrected chi connectivity index (χ3v) is 5.76. The molecule has 0 radical (unpaired) electrons. The van der Waals surface area contributed by atoms with Crippen molar-refractivity contribution in [1.82, 2.24) is 15.1 Å². The van der Waals surface area contributed by atoms with Gasteiger partial charge in [0.25, 0.3) is 0 Å². The van der Waals surface area contributed by atoms with Crippen LogP contribution in [0.3, 0.4) is 0 Å². The van der Waals surface area contributed by atoms with Gasteiger partial charge in [0.1, 0.15) is 5.60 Å². The summed E-state index contributed by atoms with van der Waals surface area (Å²) in [7, 11) is 1.84. The first-order valence-electron chi connectivity index (χ1n) is 11.9. The number of guanidine groups is 1. The number of nitrogens with one attached hydrogen (secondary N) is 1.